The molecule has 0 aromatic heterocycles. The van der Waals surface area contributed by atoms with Crippen molar-refractivity contribution in [1.29, 1.82) is 0 Å². The first-order chi connectivity index (χ1) is 7.54. The molecule has 0 fully saturated rings. The fourth-order valence-corrected chi connectivity index (χ4v) is 1.55. The van der Waals surface area contributed by atoms with E-state index in [9.17, 15) is 4.79 Å². The van der Waals surface area contributed by atoms with Gasteiger partial charge in [0.05, 0.1) is 15.7 Å². The van der Waals surface area contributed by atoms with Crippen LogP contribution in [0.25, 0.3) is 0 Å². The van der Waals surface area contributed by atoms with Crippen molar-refractivity contribution in [3.8, 4) is 0 Å². The lowest BCUT2D eigenvalue weighted by atomic mass is 10.1. The standard InChI is InChI=1S/C11H14Cl2N2O/c1-7(6-14)5-10(16)15-9-4-2-3-8(12)11(9)13/h2-4,7H,5-6,14H2,1H3,(H,15,16). The number of carbonyl (C=O) groups is 1. The molecular weight excluding hydrogens is 247 g/mol. The van der Waals surface area contributed by atoms with Gasteiger partial charge in [0.15, 0.2) is 0 Å². The number of amides is 1. The third kappa shape index (κ3) is 3.67. The van der Waals surface area contributed by atoms with Gasteiger partial charge in [-0.05, 0) is 24.6 Å². The molecule has 0 aliphatic rings. The molecule has 0 aliphatic carbocycles. The first kappa shape index (κ1) is 13.3. The summed E-state index contributed by atoms with van der Waals surface area (Å²) >= 11 is 11.8. The summed E-state index contributed by atoms with van der Waals surface area (Å²) in [7, 11) is 0. The monoisotopic (exact) mass is 260 g/mol. The highest BCUT2D eigenvalue weighted by Gasteiger charge is 2.10. The number of hydrogen-bond acceptors (Lipinski definition) is 2. The molecular formula is C11H14Cl2N2O. The van der Waals surface area contributed by atoms with Gasteiger partial charge in [-0.2, -0.15) is 0 Å². The van der Waals surface area contributed by atoms with E-state index in [0.717, 1.165) is 0 Å². The fraction of sp³-hybridized carbons (Fsp3) is 0.364. The maximum Gasteiger partial charge on any atom is 0.224 e. The van der Waals surface area contributed by atoms with Crippen molar-refractivity contribution in [3.05, 3.63) is 28.2 Å². The number of benzene rings is 1. The fourth-order valence-electron chi connectivity index (χ4n) is 1.20. The minimum Gasteiger partial charge on any atom is -0.330 e. The molecule has 1 amide bonds. The molecule has 1 aromatic rings. The van der Waals surface area contributed by atoms with E-state index >= 15 is 0 Å². The maximum atomic E-state index is 11.6. The molecule has 16 heavy (non-hydrogen) atoms. The third-order valence-electron chi connectivity index (χ3n) is 2.16. The Balaban J connectivity index is 2.66. The van der Waals surface area contributed by atoms with Gasteiger partial charge in [0, 0.05) is 6.42 Å². The topological polar surface area (TPSA) is 55.1 Å². The molecule has 88 valence electrons. The molecule has 0 bridgehead atoms. The zero-order valence-corrected chi connectivity index (χ0v) is 10.5. The smallest absolute Gasteiger partial charge is 0.224 e. The predicted molar refractivity (Wildman–Crippen MR) is 67.9 cm³/mol. The van der Waals surface area contributed by atoms with Crippen LogP contribution < -0.4 is 11.1 Å². The predicted octanol–water partition coefficient (Wildman–Crippen LogP) is 2.92. The minimum atomic E-state index is -0.109. The number of nitrogens with one attached hydrogen (secondary N) is 1. The van der Waals surface area contributed by atoms with E-state index < -0.39 is 0 Å². The van der Waals surface area contributed by atoms with Crippen LogP contribution in [0.2, 0.25) is 10.0 Å². The van der Waals surface area contributed by atoms with E-state index in [4.69, 9.17) is 28.9 Å². The molecule has 1 unspecified atom stereocenters. The van der Waals surface area contributed by atoms with E-state index in [2.05, 4.69) is 5.32 Å². The number of hydrogen-bond donors (Lipinski definition) is 2. The largest absolute Gasteiger partial charge is 0.330 e. The van der Waals surface area contributed by atoms with E-state index in [1.165, 1.54) is 0 Å². The SMILES string of the molecule is CC(CN)CC(=O)Nc1cccc(Cl)c1Cl. The number of carbonyl (C=O) groups excluding carboxylic acids is 1. The molecule has 5 heteroatoms. The van der Waals surface area contributed by atoms with Crippen molar-refractivity contribution in [2.75, 3.05) is 11.9 Å². The zero-order valence-electron chi connectivity index (χ0n) is 8.97. The average Bonchev–Trinajstić information content (AvgIpc) is 2.24. The van der Waals surface area contributed by atoms with E-state index in [1.807, 2.05) is 6.92 Å². The van der Waals surface area contributed by atoms with Crippen LogP contribution in [-0.4, -0.2) is 12.5 Å². The van der Waals surface area contributed by atoms with Crippen molar-refractivity contribution < 1.29 is 4.79 Å². The summed E-state index contributed by atoms with van der Waals surface area (Å²) in [5, 5.41) is 3.49. The summed E-state index contributed by atoms with van der Waals surface area (Å²) in [4.78, 5) is 11.6. The molecule has 1 rings (SSSR count). The molecule has 0 aliphatic heterocycles. The highest BCUT2D eigenvalue weighted by Crippen LogP contribution is 2.29. The Morgan fingerprint density at radius 3 is 2.81 bits per heavy atom. The van der Waals surface area contributed by atoms with Gasteiger partial charge >= 0.3 is 0 Å². The number of halogens is 2. The highest BCUT2D eigenvalue weighted by molar-refractivity contribution is 6.43. The normalized spacial score (nSPS) is 12.2. The van der Waals surface area contributed by atoms with Crippen molar-refractivity contribution in [3.63, 3.8) is 0 Å². The second-order valence-electron chi connectivity index (χ2n) is 3.69. The molecule has 1 atom stereocenters. The highest BCUT2D eigenvalue weighted by atomic mass is 35.5. The van der Waals surface area contributed by atoms with Gasteiger partial charge in [-0.3, -0.25) is 4.79 Å². The second-order valence-corrected chi connectivity index (χ2v) is 4.48. The zero-order chi connectivity index (χ0) is 12.1. The molecule has 0 heterocycles. The molecule has 3 nitrogen and oxygen atoms in total. The molecule has 0 saturated heterocycles. The Bertz CT molecular complexity index is 382. The van der Waals surface area contributed by atoms with Gasteiger partial charge < -0.3 is 11.1 Å². The summed E-state index contributed by atoms with van der Waals surface area (Å²) in [6.07, 6.45) is 0.374. The lowest BCUT2D eigenvalue weighted by molar-refractivity contribution is -0.116. The number of anilines is 1. The second kappa shape index (κ2) is 6.09. The van der Waals surface area contributed by atoms with Crippen LogP contribution in [0, 0.1) is 5.92 Å². The number of nitrogens with two attached hydrogens (primary N) is 1. The Hall–Kier alpha value is -0.770. The van der Waals surface area contributed by atoms with Crippen molar-refractivity contribution in [2.24, 2.45) is 11.7 Å². The van der Waals surface area contributed by atoms with Gasteiger partial charge in [-0.25, -0.2) is 0 Å². The first-order valence-electron chi connectivity index (χ1n) is 4.98. The van der Waals surface area contributed by atoms with Crippen LogP contribution in [0.4, 0.5) is 5.69 Å². The summed E-state index contributed by atoms with van der Waals surface area (Å²) < 4.78 is 0. The average molecular weight is 261 g/mol. The molecule has 3 N–H and O–H groups in total. The molecule has 0 radical (unpaired) electrons. The summed E-state index contributed by atoms with van der Waals surface area (Å²) in [5.74, 6) is 0.0417. The van der Waals surface area contributed by atoms with Crippen LogP contribution in [0.3, 0.4) is 0 Å². The third-order valence-corrected chi connectivity index (χ3v) is 2.98. The Morgan fingerprint density at radius 2 is 2.19 bits per heavy atom. The van der Waals surface area contributed by atoms with Gasteiger partial charge in [-0.15, -0.1) is 0 Å². The molecule has 0 spiro atoms. The Morgan fingerprint density at radius 1 is 1.50 bits per heavy atom. The molecule has 0 saturated carbocycles. The van der Waals surface area contributed by atoms with Gasteiger partial charge in [0.2, 0.25) is 5.91 Å². The quantitative estimate of drug-likeness (QED) is 0.875. The Kier molecular flexibility index (Phi) is 5.06. The van der Waals surface area contributed by atoms with Gasteiger partial charge in [-0.1, -0.05) is 36.2 Å². The van der Waals surface area contributed by atoms with Crippen molar-refractivity contribution in [1.82, 2.24) is 0 Å². The van der Waals surface area contributed by atoms with Crippen LogP contribution >= 0.6 is 23.2 Å². The van der Waals surface area contributed by atoms with Gasteiger partial charge in [0.1, 0.15) is 0 Å². The van der Waals surface area contributed by atoms with E-state index in [-0.39, 0.29) is 11.8 Å². The summed E-state index contributed by atoms with van der Waals surface area (Å²) in [6, 6.07) is 5.11. The van der Waals surface area contributed by atoms with Crippen LogP contribution in [-0.2, 0) is 4.79 Å². The van der Waals surface area contributed by atoms with E-state index in [1.54, 1.807) is 18.2 Å². The minimum absolute atomic E-state index is 0.109. The Labute approximate surface area is 105 Å². The van der Waals surface area contributed by atoms with Crippen molar-refractivity contribution in [2.45, 2.75) is 13.3 Å². The summed E-state index contributed by atoms with van der Waals surface area (Å²) in [6.45, 7) is 2.40. The molecule has 1 aromatic carbocycles. The van der Waals surface area contributed by atoms with E-state index in [0.29, 0.717) is 28.7 Å². The van der Waals surface area contributed by atoms with Crippen LogP contribution in [0.5, 0.6) is 0 Å². The van der Waals surface area contributed by atoms with Gasteiger partial charge in [0.25, 0.3) is 0 Å². The lowest BCUT2D eigenvalue weighted by Crippen LogP contribution is -2.20. The first-order valence-corrected chi connectivity index (χ1v) is 5.74. The van der Waals surface area contributed by atoms with Crippen LogP contribution in [0.1, 0.15) is 13.3 Å². The van der Waals surface area contributed by atoms with Crippen LogP contribution in [0.15, 0.2) is 18.2 Å². The maximum absolute atomic E-state index is 11.6. The van der Waals surface area contributed by atoms with Crippen molar-refractivity contribution >= 4 is 34.8 Å². The summed E-state index contributed by atoms with van der Waals surface area (Å²) in [5.41, 5.74) is 5.97. The lowest BCUT2D eigenvalue weighted by Gasteiger charge is -2.10. The number of rotatable bonds is 4.